The molecule has 0 atom stereocenters. The van der Waals surface area contributed by atoms with Crippen LogP contribution in [0.15, 0.2) is 78.4 Å². The van der Waals surface area contributed by atoms with Gasteiger partial charge in [0.05, 0.1) is 31.2 Å². The van der Waals surface area contributed by atoms with Crippen LogP contribution >= 0.6 is 0 Å². The van der Waals surface area contributed by atoms with Gasteiger partial charge in [-0.3, -0.25) is 9.59 Å². The lowest BCUT2D eigenvalue weighted by molar-refractivity contribution is -0.137. The summed E-state index contributed by atoms with van der Waals surface area (Å²) in [5.41, 5.74) is -0.315. The van der Waals surface area contributed by atoms with Crippen LogP contribution < -0.4 is 20.1 Å². The second-order valence-corrected chi connectivity index (χ2v) is 6.99. The standard InChI is InChI=1S/C25H21F3N2O4/c1-33-21-9-5-3-7-19(21)29-23(31)18(15-16-11-13-17(14-12-16)25(26,27)28)24(32)30-20-8-4-6-10-22(20)34-2/h3-15H,1-2H3,(H,29,31)(H,30,32). The summed E-state index contributed by atoms with van der Waals surface area (Å²) in [7, 11) is 2.86. The smallest absolute Gasteiger partial charge is 0.416 e. The van der Waals surface area contributed by atoms with E-state index in [1.54, 1.807) is 48.5 Å². The van der Waals surface area contributed by atoms with Crippen molar-refractivity contribution in [2.24, 2.45) is 0 Å². The van der Waals surface area contributed by atoms with Gasteiger partial charge in [-0.15, -0.1) is 0 Å². The zero-order chi connectivity index (χ0) is 24.7. The van der Waals surface area contributed by atoms with Crippen molar-refractivity contribution in [2.45, 2.75) is 6.18 Å². The first-order valence-electron chi connectivity index (χ1n) is 10.0. The van der Waals surface area contributed by atoms with Gasteiger partial charge in [0.15, 0.2) is 0 Å². The van der Waals surface area contributed by atoms with Gasteiger partial charge in [0.25, 0.3) is 11.8 Å². The number of hydrogen-bond donors (Lipinski definition) is 2. The Morgan fingerprint density at radius 3 is 1.59 bits per heavy atom. The maximum Gasteiger partial charge on any atom is 0.416 e. The molecule has 3 rings (SSSR count). The van der Waals surface area contributed by atoms with Gasteiger partial charge in [0.2, 0.25) is 0 Å². The van der Waals surface area contributed by atoms with E-state index in [4.69, 9.17) is 9.47 Å². The number of anilines is 2. The predicted molar refractivity (Wildman–Crippen MR) is 123 cm³/mol. The molecule has 0 aliphatic heterocycles. The highest BCUT2D eigenvalue weighted by molar-refractivity contribution is 6.29. The molecule has 2 amide bonds. The van der Waals surface area contributed by atoms with Gasteiger partial charge in [-0.2, -0.15) is 13.2 Å². The van der Waals surface area contributed by atoms with E-state index < -0.39 is 23.6 Å². The molecule has 0 saturated heterocycles. The van der Waals surface area contributed by atoms with Crippen LogP contribution in [0.2, 0.25) is 0 Å². The third kappa shape index (κ3) is 5.94. The van der Waals surface area contributed by atoms with Crippen molar-refractivity contribution >= 4 is 29.3 Å². The molecular weight excluding hydrogens is 449 g/mol. The number of alkyl halides is 3. The molecule has 9 heteroatoms. The van der Waals surface area contributed by atoms with E-state index >= 15 is 0 Å². The number of methoxy groups -OCH3 is 2. The lowest BCUT2D eigenvalue weighted by atomic mass is 10.1. The Kier molecular flexibility index (Phi) is 7.57. The van der Waals surface area contributed by atoms with E-state index in [1.807, 2.05) is 0 Å². The largest absolute Gasteiger partial charge is 0.495 e. The molecule has 0 saturated carbocycles. The van der Waals surface area contributed by atoms with Crippen LogP contribution in [0.4, 0.5) is 24.5 Å². The molecule has 0 unspecified atom stereocenters. The number of carbonyl (C=O) groups excluding carboxylic acids is 2. The Balaban J connectivity index is 1.97. The second kappa shape index (κ2) is 10.6. The van der Waals surface area contributed by atoms with Gasteiger partial charge >= 0.3 is 6.18 Å². The summed E-state index contributed by atoms with van der Waals surface area (Å²) in [6.07, 6.45) is -3.30. The van der Waals surface area contributed by atoms with Gasteiger partial charge in [0.1, 0.15) is 17.1 Å². The number of ether oxygens (including phenoxy) is 2. The molecule has 6 nitrogen and oxygen atoms in total. The van der Waals surface area contributed by atoms with Gasteiger partial charge < -0.3 is 20.1 Å². The minimum absolute atomic E-state index is 0.230. The quantitative estimate of drug-likeness (QED) is 0.276. The number of nitrogens with one attached hydrogen (secondary N) is 2. The number of rotatable bonds is 7. The van der Waals surface area contributed by atoms with E-state index in [-0.39, 0.29) is 11.1 Å². The third-order valence-electron chi connectivity index (χ3n) is 4.75. The first kappa shape index (κ1) is 24.4. The molecule has 0 aromatic heterocycles. The third-order valence-corrected chi connectivity index (χ3v) is 4.75. The lowest BCUT2D eigenvalue weighted by Crippen LogP contribution is -2.25. The number of hydrogen-bond acceptors (Lipinski definition) is 4. The Labute approximate surface area is 194 Å². The summed E-state index contributed by atoms with van der Waals surface area (Å²) in [5, 5.41) is 5.22. The minimum atomic E-state index is -4.51. The van der Waals surface area contributed by atoms with Crippen LogP contribution in [0.25, 0.3) is 6.08 Å². The fraction of sp³-hybridized carbons (Fsp3) is 0.120. The van der Waals surface area contributed by atoms with Crippen LogP contribution in [0.3, 0.4) is 0 Å². The molecule has 176 valence electrons. The molecule has 34 heavy (non-hydrogen) atoms. The maximum absolute atomic E-state index is 13.1. The average Bonchev–Trinajstić information content (AvgIpc) is 2.82. The SMILES string of the molecule is COc1ccccc1NC(=O)C(=Cc1ccc(C(F)(F)F)cc1)C(=O)Nc1ccccc1OC. The molecular formula is C25H21F3N2O4. The van der Waals surface area contributed by atoms with Crippen molar-refractivity contribution in [3.05, 3.63) is 89.5 Å². The fourth-order valence-corrected chi connectivity index (χ4v) is 3.04. The molecule has 0 bridgehead atoms. The van der Waals surface area contributed by atoms with Crippen LogP contribution in [-0.2, 0) is 15.8 Å². The highest BCUT2D eigenvalue weighted by Gasteiger charge is 2.30. The Bertz CT molecular complexity index is 1140. The van der Waals surface area contributed by atoms with Crippen molar-refractivity contribution in [3.63, 3.8) is 0 Å². The molecule has 0 radical (unpaired) electrons. The molecule has 0 aliphatic carbocycles. The van der Waals surface area contributed by atoms with E-state index in [9.17, 15) is 22.8 Å². The Morgan fingerprint density at radius 2 is 1.18 bits per heavy atom. The number of para-hydroxylation sites is 4. The average molecular weight is 470 g/mol. The van der Waals surface area contributed by atoms with Crippen LogP contribution in [0.5, 0.6) is 11.5 Å². The van der Waals surface area contributed by atoms with Gasteiger partial charge in [0, 0.05) is 0 Å². The molecule has 0 spiro atoms. The number of halogens is 3. The molecule has 0 heterocycles. The van der Waals surface area contributed by atoms with E-state index in [0.29, 0.717) is 22.9 Å². The van der Waals surface area contributed by atoms with Crippen molar-refractivity contribution < 1.29 is 32.2 Å². The lowest BCUT2D eigenvalue weighted by Gasteiger charge is -2.14. The molecule has 2 N–H and O–H groups in total. The summed E-state index contributed by atoms with van der Waals surface area (Å²) in [5.74, 6) is -0.821. The Hall–Kier alpha value is -4.27. The summed E-state index contributed by atoms with van der Waals surface area (Å²) < 4.78 is 49.1. The second-order valence-electron chi connectivity index (χ2n) is 6.99. The van der Waals surface area contributed by atoms with Gasteiger partial charge in [-0.25, -0.2) is 0 Å². The summed E-state index contributed by atoms with van der Waals surface area (Å²) in [6, 6.07) is 17.3. The van der Waals surface area contributed by atoms with E-state index in [0.717, 1.165) is 12.1 Å². The van der Waals surface area contributed by atoms with E-state index in [2.05, 4.69) is 10.6 Å². The molecule has 0 aliphatic rings. The monoisotopic (exact) mass is 470 g/mol. The van der Waals surface area contributed by atoms with Crippen molar-refractivity contribution in [1.29, 1.82) is 0 Å². The number of benzene rings is 3. The zero-order valence-corrected chi connectivity index (χ0v) is 18.3. The van der Waals surface area contributed by atoms with Gasteiger partial charge in [-0.1, -0.05) is 36.4 Å². The van der Waals surface area contributed by atoms with Crippen molar-refractivity contribution in [1.82, 2.24) is 0 Å². The van der Waals surface area contributed by atoms with Gasteiger partial charge in [-0.05, 0) is 48.0 Å². The highest BCUT2D eigenvalue weighted by atomic mass is 19.4. The van der Waals surface area contributed by atoms with Crippen LogP contribution in [0.1, 0.15) is 11.1 Å². The minimum Gasteiger partial charge on any atom is -0.495 e. The topological polar surface area (TPSA) is 76.7 Å². The maximum atomic E-state index is 13.1. The molecule has 3 aromatic carbocycles. The fourth-order valence-electron chi connectivity index (χ4n) is 3.04. The number of amides is 2. The molecule has 0 fully saturated rings. The van der Waals surface area contributed by atoms with Crippen molar-refractivity contribution in [2.75, 3.05) is 24.9 Å². The van der Waals surface area contributed by atoms with E-state index in [1.165, 1.54) is 32.4 Å². The first-order chi connectivity index (χ1) is 16.2. The normalized spacial score (nSPS) is 10.7. The summed E-state index contributed by atoms with van der Waals surface area (Å²) >= 11 is 0. The summed E-state index contributed by atoms with van der Waals surface area (Å²) in [4.78, 5) is 26.2. The first-order valence-corrected chi connectivity index (χ1v) is 10.0. The van der Waals surface area contributed by atoms with Crippen molar-refractivity contribution in [3.8, 4) is 11.5 Å². The van der Waals surface area contributed by atoms with Crippen LogP contribution in [0, 0.1) is 0 Å². The zero-order valence-electron chi connectivity index (χ0n) is 18.3. The summed E-state index contributed by atoms with van der Waals surface area (Å²) in [6.45, 7) is 0. The van der Waals surface area contributed by atoms with Crippen LogP contribution in [-0.4, -0.2) is 26.0 Å². The number of carbonyl (C=O) groups is 2. The predicted octanol–water partition coefficient (Wildman–Crippen LogP) is 5.38. The highest BCUT2D eigenvalue weighted by Crippen LogP contribution is 2.30. The molecule has 3 aromatic rings. The Morgan fingerprint density at radius 1 is 0.735 bits per heavy atom.